The van der Waals surface area contributed by atoms with Gasteiger partial charge in [-0.15, -0.1) is 0 Å². The van der Waals surface area contributed by atoms with Crippen LogP contribution in [-0.4, -0.2) is 55.2 Å². The van der Waals surface area contributed by atoms with Crippen LogP contribution in [0.2, 0.25) is 0 Å². The molecule has 0 aromatic carbocycles. The third-order valence-electron chi connectivity index (χ3n) is 3.78. The summed E-state index contributed by atoms with van der Waals surface area (Å²) >= 11 is 0. The summed E-state index contributed by atoms with van der Waals surface area (Å²) in [5.74, 6) is -0.507. The van der Waals surface area contributed by atoms with E-state index in [0.29, 0.717) is 25.8 Å². The van der Waals surface area contributed by atoms with E-state index >= 15 is 0 Å². The smallest absolute Gasteiger partial charge is 0.224 e. The Morgan fingerprint density at radius 3 is 2.63 bits per heavy atom. The van der Waals surface area contributed by atoms with Crippen molar-refractivity contribution in [2.45, 2.75) is 38.6 Å². The second-order valence-electron chi connectivity index (χ2n) is 5.52. The fraction of sp³-hybridized carbons (Fsp3) is 0.917. The third kappa shape index (κ3) is 4.43. The van der Waals surface area contributed by atoms with Crippen molar-refractivity contribution in [3.8, 4) is 0 Å². The fourth-order valence-electron chi connectivity index (χ4n) is 2.10. The van der Waals surface area contributed by atoms with Crippen LogP contribution in [0.1, 0.15) is 33.1 Å². The second-order valence-corrected chi connectivity index (χ2v) is 7.50. The van der Waals surface area contributed by atoms with Gasteiger partial charge in [0.05, 0.1) is 24.3 Å². The summed E-state index contributed by atoms with van der Waals surface area (Å²) in [5, 5.41) is 12.1. The zero-order valence-electron chi connectivity index (χ0n) is 11.8. The SMILES string of the molecule is CCC(C)(CO)NC(=O)C1CCCN(S(C)(=O)=O)C1. The van der Waals surface area contributed by atoms with Crippen molar-refractivity contribution in [1.29, 1.82) is 0 Å². The van der Waals surface area contributed by atoms with Gasteiger partial charge in [0.1, 0.15) is 0 Å². The summed E-state index contributed by atoms with van der Waals surface area (Å²) in [5.41, 5.74) is -0.634. The van der Waals surface area contributed by atoms with E-state index in [4.69, 9.17) is 0 Å². The molecule has 0 spiro atoms. The molecule has 2 N–H and O–H groups in total. The molecule has 112 valence electrons. The number of hydrogen-bond acceptors (Lipinski definition) is 4. The zero-order chi connectivity index (χ0) is 14.7. The molecule has 1 aliphatic heterocycles. The topological polar surface area (TPSA) is 86.7 Å². The number of sulfonamides is 1. The molecule has 6 nitrogen and oxygen atoms in total. The molecule has 1 heterocycles. The summed E-state index contributed by atoms with van der Waals surface area (Å²) in [6.45, 7) is 4.25. The molecule has 2 unspecified atom stereocenters. The molecule has 0 radical (unpaired) electrons. The Hall–Kier alpha value is -0.660. The molecule has 0 bridgehead atoms. The van der Waals surface area contributed by atoms with Crippen LogP contribution in [0.25, 0.3) is 0 Å². The molecule has 2 atom stereocenters. The summed E-state index contributed by atoms with van der Waals surface area (Å²) in [6.07, 6.45) is 3.16. The van der Waals surface area contributed by atoms with Crippen LogP contribution >= 0.6 is 0 Å². The lowest BCUT2D eigenvalue weighted by Gasteiger charge is -2.34. The number of aliphatic hydroxyl groups excluding tert-OH is 1. The lowest BCUT2D eigenvalue weighted by Crippen LogP contribution is -2.53. The van der Waals surface area contributed by atoms with E-state index in [9.17, 15) is 18.3 Å². The first-order valence-electron chi connectivity index (χ1n) is 6.60. The highest BCUT2D eigenvalue weighted by Crippen LogP contribution is 2.20. The van der Waals surface area contributed by atoms with Gasteiger partial charge in [0.2, 0.25) is 15.9 Å². The number of rotatable bonds is 5. The molecule has 0 aromatic heterocycles. The lowest BCUT2D eigenvalue weighted by atomic mass is 9.95. The maximum Gasteiger partial charge on any atom is 0.224 e. The average molecular weight is 292 g/mol. The summed E-state index contributed by atoms with van der Waals surface area (Å²) in [7, 11) is -3.24. The Balaban J connectivity index is 2.68. The normalized spacial score (nSPS) is 24.7. The van der Waals surface area contributed by atoms with Gasteiger partial charge >= 0.3 is 0 Å². The van der Waals surface area contributed by atoms with E-state index in [1.165, 1.54) is 4.31 Å². The molecule has 7 heteroatoms. The van der Waals surface area contributed by atoms with Gasteiger partial charge in [0.25, 0.3) is 0 Å². The van der Waals surface area contributed by atoms with Gasteiger partial charge in [-0.1, -0.05) is 6.92 Å². The number of carbonyl (C=O) groups is 1. The van der Waals surface area contributed by atoms with Crippen LogP contribution < -0.4 is 5.32 Å². The first-order valence-corrected chi connectivity index (χ1v) is 8.44. The highest BCUT2D eigenvalue weighted by atomic mass is 32.2. The van der Waals surface area contributed by atoms with E-state index in [2.05, 4.69) is 5.32 Å². The quantitative estimate of drug-likeness (QED) is 0.743. The Morgan fingerprint density at radius 2 is 2.16 bits per heavy atom. The van der Waals surface area contributed by atoms with Crippen LogP contribution in [0, 0.1) is 5.92 Å². The Labute approximate surface area is 115 Å². The van der Waals surface area contributed by atoms with Gasteiger partial charge in [-0.3, -0.25) is 4.79 Å². The molecule has 19 heavy (non-hydrogen) atoms. The fourth-order valence-corrected chi connectivity index (χ4v) is 3.01. The van der Waals surface area contributed by atoms with Crippen LogP contribution in [0.4, 0.5) is 0 Å². The highest BCUT2D eigenvalue weighted by molar-refractivity contribution is 7.88. The third-order valence-corrected chi connectivity index (χ3v) is 5.05. The van der Waals surface area contributed by atoms with Gasteiger partial charge in [0, 0.05) is 13.1 Å². The standard InChI is InChI=1S/C12H24N2O4S/c1-4-12(2,9-15)13-11(16)10-6-5-7-14(8-10)19(3,17)18/h10,15H,4-9H2,1-3H3,(H,13,16). The van der Waals surface area contributed by atoms with E-state index < -0.39 is 15.6 Å². The van der Waals surface area contributed by atoms with E-state index in [1.807, 2.05) is 6.92 Å². The monoisotopic (exact) mass is 292 g/mol. The molecule has 1 rings (SSSR count). The predicted molar refractivity (Wildman–Crippen MR) is 73.1 cm³/mol. The van der Waals surface area contributed by atoms with Crippen molar-refractivity contribution >= 4 is 15.9 Å². The maximum absolute atomic E-state index is 12.2. The number of nitrogens with one attached hydrogen (secondary N) is 1. The van der Waals surface area contributed by atoms with Gasteiger partial charge < -0.3 is 10.4 Å². The number of aliphatic hydroxyl groups is 1. The highest BCUT2D eigenvalue weighted by Gasteiger charge is 2.33. The summed E-state index contributed by atoms with van der Waals surface area (Å²) in [6, 6.07) is 0. The largest absolute Gasteiger partial charge is 0.394 e. The van der Waals surface area contributed by atoms with Gasteiger partial charge in [-0.05, 0) is 26.2 Å². The van der Waals surface area contributed by atoms with Crippen molar-refractivity contribution in [2.24, 2.45) is 5.92 Å². The van der Waals surface area contributed by atoms with Crippen LogP contribution in [0.3, 0.4) is 0 Å². The van der Waals surface area contributed by atoms with Gasteiger partial charge in [0.15, 0.2) is 0 Å². The molecule has 0 aromatic rings. The first-order chi connectivity index (χ1) is 8.72. The van der Waals surface area contributed by atoms with Crippen LogP contribution in [0.15, 0.2) is 0 Å². The molecular formula is C12H24N2O4S. The Kier molecular flexibility index (Phi) is 5.34. The number of amides is 1. The number of nitrogens with zero attached hydrogens (tertiary/aromatic N) is 1. The molecule has 1 fully saturated rings. The predicted octanol–water partition coefficient (Wildman–Crippen LogP) is -0.0648. The van der Waals surface area contributed by atoms with Crippen molar-refractivity contribution in [3.05, 3.63) is 0 Å². The Bertz CT molecular complexity index is 417. The van der Waals surface area contributed by atoms with Crippen LogP contribution in [-0.2, 0) is 14.8 Å². The van der Waals surface area contributed by atoms with Crippen molar-refractivity contribution in [2.75, 3.05) is 26.0 Å². The maximum atomic E-state index is 12.2. The van der Waals surface area contributed by atoms with E-state index in [-0.39, 0.29) is 25.0 Å². The first kappa shape index (κ1) is 16.4. The molecule has 0 saturated carbocycles. The Morgan fingerprint density at radius 1 is 1.53 bits per heavy atom. The number of piperidine rings is 1. The van der Waals surface area contributed by atoms with Gasteiger partial charge in [-0.25, -0.2) is 12.7 Å². The number of carbonyl (C=O) groups excluding carboxylic acids is 1. The van der Waals surface area contributed by atoms with Crippen LogP contribution in [0.5, 0.6) is 0 Å². The minimum atomic E-state index is -3.24. The molecule has 1 saturated heterocycles. The van der Waals surface area contributed by atoms with E-state index in [1.54, 1.807) is 6.92 Å². The van der Waals surface area contributed by atoms with Crippen molar-refractivity contribution in [3.63, 3.8) is 0 Å². The lowest BCUT2D eigenvalue weighted by molar-refractivity contribution is -0.128. The molecule has 1 aliphatic rings. The van der Waals surface area contributed by atoms with Crippen molar-refractivity contribution < 1.29 is 18.3 Å². The number of hydrogen-bond donors (Lipinski definition) is 2. The van der Waals surface area contributed by atoms with E-state index in [0.717, 1.165) is 6.26 Å². The summed E-state index contributed by atoms with van der Waals surface area (Å²) < 4.78 is 24.4. The second kappa shape index (κ2) is 6.19. The summed E-state index contributed by atoms with van der Waals surface area (Å²) in [4.78, 5) is 12.2. The minimum Gasteiger partial charge on any atom is -0.394 e. The molecule has 0 aliphatic carbocycles. The van der Waals surface area contributed by atoms with Gasteiger partial charge in [-0.2, -0.15) is 0 Å². The average Bonchev–Trinajstić information content (AvgIpc) is 2.37. The molecular weight excluding hydrogens is 268 g/mol. The zero-order valence-corrected chi connectivity index (χ0v) is 12.7. The minimum absolute atomic E-state index is 0.127. The molecule has 1 amide bonds. The van der Waals surface area contributed by atoms with Crippen molar-refractivity contribution in [1.82, 2.24) is 9.62 Å².